The molecule has 148 valence electrons. The first-order chi connectivity index (χ1) is 13.1. The van der Waals surface area contributed by atoms with Gasteiger partial charge in [0.2, 0.25) is 11.8 Å². The molecule has 0 spiro atoms. The van der Waals surface area contributed by atoms with Crippen molar-refractivity contribution in [3.63, 3.8) is 0 Å². The molecule has 0 fully saturated rings. The summed E-state index contributed by atoms with van der Waals surface area (Å²) in [6, 6.07) is 7.39. The van der Waals surface area contributed by atoms with Gasteiger partial charge in [0.25, 0.3) is 5.91 Å². The van der Waals surface area contributed by atoms with E-state index in [0.717, 1.165) is 12.1 Å². The van der Waals surface area contributed by atoms with Crippen LogP contribution in [0.5, 0.6) is 0 Å². The van der Waals surface area contributed by atoms with Gasteiger partial charge in [-0.05, 0) is 42.8 Å². The molecule has 2 aromatic rings. The molecule has 3 amide bonds. The molecule has 2 N–H and O–H groups in total. The number of carbonyl (C=O) groups is 3. The molecule has 28 heavy (non-hydrogen) atoms. The Morgan fingerprint density at radius 1 is 0.893 bits per heavy atom. The van der Waals surface area contributed by atoms with Gasteiger partial charge < -0.3 is 15.5 Å². The maximum atomic E-state index is 13.5. The second kappa shape index (κ2) is 8.60. The van der Waals surface area contributed by atoms with Crippen LogP contribution < -0.4 is 10.6 Å². The van der Waals surface area contributed by atoms with Crippen LogP contribution in [0.25, 0.3) is 0 Å². The summed E-state index contributed by atoms with van der Waals surface area (Å²) < 4.78 is 26.7. The fraction of sp³-hybridized carbons (Fsp3) is 0.250. The van der Waals surface area contributed by atoms with Gasteiger partial charge in [0, 0.05) is 37.8 Å². The minimum atomic E-state index is -0.995. The van der Waals surface area contributed by atoms with Crippen LogP contribution in [0.2, 0.25) is 0 Å². The van der Waals surface area contributed by atoms with Crippen molar-refractivity contribution in [1.82, 2.24) is 4.90 Å². The molecular weight excluding hydrogens is 368 g/mol. The average Bonchev–Trinajstić information content (AvgIpc) is 2.60. The maximum Gasteiger partial charge on any atom is 0.254 e. The average molecular weight is 389 g/mol. The van der Waals surface area contributed by atoms with E-state index in [-0.39, 0.29) is 17.4 Å². The van der Waals surface area contributed by atoms with Crippen molar-refractivity contribution in [2.24, 2.45) is 0 Å². The van der Waals surface area contributed by atoms with E-state index in [1.165, 1.54) is 50.1 Å². The third kappa shape index (κ3) is 5.12. The lowest BCUT2D eigenvalue weighted by molar-refractivity contribution is -0.115. The van der Waals surface area contributed by atoms with Gasteiger partial charge in [-0.15, -0.1) is 0 Å². The minimum absolute atomic E-state index is 0.215. The fourth-order valence-corrected chi connectivity index (χ4v) is 2.68. The second-order valence-corrected chi connectivity index (χ2v) is 6.43. The summed E-state index contributed by atoms with van der Waals surface area (Å²) in [5.41, 5.74) is 1.33. The molecule has 2 aromatic carbocycles. The quantitative estimate of drug-likeness (QED) is 0.818. The topological polar surface area (TPSA) is 78.5 Å². The van der Waals surface area contributed by atoms with Gasteiger partial charge in [-0.3, -0.25) is 14.4 Å². The summed E-state index contributed by atoms with van der Waals surface area (Å²) in [5, 5.41) is 5.15. The number of carbonyl (C=O) groups excluding carboxylic acids is 3. The van der Waals surface area contributed by atoms with Crippen molar-refractivity contribution in [2.75, 3.05) is 17.7 Å². The summed E-state index contributed by atoms with van der Waals surface area (Å²) >= 11 is 0. The zero-order chi connectivity index (χ0) is 21.0. The standard InChI is InChI=1S/C20H21F2N3O3/c1-11(14-5-6-18(21)19(22)9-14)25(4)20(28)15-7-16(23-12(2)26)10-17(8-15)24-13(3)27/h5-11H,1-4H3,(H,23,26)(H,24,27). The van der Waals surface area contributed by atoms with Gasteiger partial charge >= 0.3 is 0 Å². The third-order valence-electron chi connectivity index (χ3n) is 4.15. The van der Waals surface area contributed by atoms with E-state index < -0.39 is 23.6 Å². The smallest absolute Gasteiger partial charge is 0.254 e. The predicted octanol–water partition coefficient (Wildman–Crippen LogP) is 3.71. The van der Waals surface area contributed by atoms with Gasteiger partial charge in [0.15, 0.2) is 11.6 Å². The van der Waals surface area contributed by atoms with Crippen LogP contribution in [-0.4, -0.2) is 29.7 Å². The zero-order valence-corrected chi connectivity index (χ0v) is 16.0. The molecule has 0 saturated heterocycles. The van der Waals surface area contributed by atoms with Crippen molar-refractivity contribution in [2.45, 2.75) is 26.8 Å². The highest BCUT2D eigenvalue weighted by Crippen LogP contribution is 2.25. The monoisotopic (exact) mass is 389 g/mol. The van der Waals surface area contributed by atoms with E-state index in [1.807, 2.05) is 0 Å². The van der Waals surface area contributed by atoms with E-state index in [2.05, 4.69) is 10.6 Å². The molecule has 0 saturated carbocycles. The number of nitrogens with one attached hydrogen (secondary N) is 2. The molecule has 0 radical (unpaired) electrons. The predicted molar refractivity (Wildman–Crippen MR) is 102 cm³/mol. The Bertz CT molecular complexity index is 897. The third-order valence-corrected chi connectivity index (χ3v) is 4.15. The van der Waals surface area contributed by atoms with Crippen LogP contribution in [0.4, 0.5) is 20.2 Å². The van der Waals surface area contributed by atoms with E-state index in [1.54, 1.807) is 6.92 Å². The SMILES string of the molecule is CC(=O)Nc1cc(NC(C)=O)cc(C(=O)N(C)C(C)c2ccc(F)c(F)c2)c1. The van der Waals surface area contributed by atoms with Crippen molar-refractivity contribution in [3.05, 3.63) is 59.2 Å². The first-order valence-electron chi connectivity index (χ1n) is 8.51. The Morgan fingerprint density at radius 3 is 1.89 bits per heavy atom. The Hall–Kier alpha value is -3.29. The lowest BCUT2D eigenvalue weighted by atomic mass is 10.1. The number of benzene rings is 2. The summed E-state index contributed by atoms with van der Waals surface area (Å²) in [4.78, 5) is 37.0. The molecular formula is C20H21F2N3O3. The Morgan fingerprint density at radius 2 is 1.43 bits per heavy atom. The number of hydrogen-bond donors (Lipinski definition) is 2. The van der Waals surface area contributed by atoms with Crippen LogP contribution in [0.15, 0.2) is 36.4 Å². The van der Waals surface area contributed by atoms with Crippen LogP contribution in [0.1, 0.15) is 42.7 Å². The van der Waals surface area contributed by atoms with E-state index >= 15 is 0 Å². The lowest BCUT2D eigenvalue weighted by Gasteiger charge is -2.26. The summed E-state index contributed by atoms with van der Waals surface area (Å²) in [7, 11) is 1.53. The van der Waals surface area contributed by atoms with E-state index in [4.69, 9.17) is 0 Å². The van der Waals surface area contributed by atoms with Crippen molar-refractivity contribution >= 4 is 29.1 Å². The molecule has 2 rings (SSSR count). The van der Waals surface area contributed by atoms with E-state index in [9.17, 15) is 23.2 Å². The number of halogens is 2. The first kappa shape index (κ1) is 21.0. The molecule has 1 atom stereocenters. The van der Waals surface area contributed by atoms with Crippen LogP contribution in [-0.2, 0) is 9.59 Å². The number of anilines is 2. The molecule has 0 aliphatic heterocycles. The highest BCUT2D eigenvalue weighted by Gasteiger charge is 2.21. The highest BCUT2D eigenvalue weighted by molar-refractivity contribution is 6.00. The highest BCUT2D eigenvalue weighted by atomic mass is 19.2. The number of rotatable bonds is 5. The van der Waals surface area contributed by atoms with Gasteiger partial charge in [0.05, 0.1) is 6.04 Å². The molecule has 0 aliphatic rings. The largest absolute Gasteiger partial charge is 0.335 e. The van der Waals surface area contributed by atoms with Gasteiger partial charge in [0.1, 0.15) is 0 Å². The molecule has 0 bridgehead atoms. The number of amides is 3. The Kier molecular flexibility index (Phi) is 6.45. The molecule has 8 heteroatoms. The van der Waals surface area contributed by atoms with Crippen LogP contribution >= 0.6 is 0 Å². The fourth-order valence-electron chi connectivity index (χ4n) is 2.68. The Balaban J connectivity index is 2.35. The summed E-state index contributed by atoms with van der Waals surface area (Å²) in [6.07, 6.45) is 0. The summed E-state index contributed by atoms with van der Waals surface area (Å²) in [5.74, 6) is -3.04. The van der Waals surface area contributed by atoms with Crippen molar-refractivity contribution < 1.29 is 23.2 Å². The molecule has 0 heterocycles. The normalized spacial score (nSPS) is 11.5. The second-order valence-electron chi connectivity index (χ2n) is 6.43. The number of nitrogens with zero attached hydrogens (tertiary/aromatic N) is 1. The zero-order valence-electron chi connectivity index (χ0n) is 16.0. The minimum Gasteiger partial charge on any atom is -0.335 e. The van der Waals surface area contributed by atoms with Crippen LogP contribution in [0, 0.1) is 11.6 Å². The molecule has 6 nitrogen and oxygen atoms in total. The van der Waals surface area contributed by atoms with Crippen molar-refractivity contribution in [1.29, 1.82) is 0 Å². The van der Waals surface area contributed by atoms with Gasteiger partial charge in [-0.2, -0.15) is 0 Å². The van der Waals surface area contributed by atoms with E-state index in [0.29, 0.717) is 16.9 Å². The Labute approximate surface area is 161 Å². The first-order valence-corrected chi connectivity index (χ1v) is 8.51. The molecule has 0 aliphatic carbocycles. The summed E-state index contributed by atoms with van der Waals surface area (Å²) in [6.45, 7) is 4.32. The van der Waals surface area contributed by atoms with Crippen LogP contribution in [0.3, 0.4) is 0 Å². The number of hydrogen-bond acceptors (Lipinski definition) is 3. The lowest BCUT2D eigenvalue weighted by Crippen LogP contribution is -2.30. The van der Waals surface area contributed by atoms with Gasteiger partial charge in [-0.25, -0.2) is 8.78 Å². The van der Waals surface area contributed by atoms with Crippen molar-refractivity contribution in [3.8, 4) is 0 Å². The van der Waals surface area contributed by atoms with Gasteiger partial charge in [-0.1, -0.05) is 6.07 Å². The molecule has 1 unspecified atom stereocenters. The maximum absolute atomic E-state index is 13.5. The molecule has 0 aromatic heterocycles.